The van der Waals surface area contributed by atoms with E-state index in [2.05, 4.69) is 21.2 Å². The van der Waals surface area contributed by atoms with Crippen LogP contribution in [0.15, 0.2) is 45.8 Å². The number of hydrogen-bond acceptors (Lipinski definition) is 4. The molecule has 4 nitrogen and oxygen atoms in total. The third-order valence-corrected chi connectivity index (χ3v) is 4.24. The fourth-order valence-corrected chi connectivity index (χ4v) is 3.01. The first-order valence-corrected chi connectivity index (χ1v) is 7.61. The highest BCUT2D eigenvalue weighted by molar-refractivity contribution is 9.10. The number of nitriles is 1. The summed E-state index contributed by atoms with van der Waals surface area (Å²) < 4.78 is 6.08. The molecule has 0 unspecified atom stereocenters. The van der Waals surface area contributed by atoms with Crippen molar-refractivity contribution in [2.75, 3.05) is 12.4 Å². The van der Waals surface area contributed by atoms with Gasteiger partial charge in [0.05, 0.1) is 12.8 Å². The molecular weight excluding hydrogens is 352 g/mol. The molecule has 0 aliphatic carbocycles. The zero-order valence-corrected chi connectivity index (χ0v) is 13.5. The van der Waals surface area contributed by atoms with E-state index in [0.29, 0.717) is 11.4 Å². The normalized spacial score (nSPS) is 10.8. The quantitative estimate of drug-likeness (QED) is 0.658. The Morgan fingerprint density at radius 3 is 2.86 bits per heavy atom. The minimum absolute atomic E-state index is 0.0373. The van der Waals surface area contributed by atoms with Crippen molar-refractivity contribution in [3.05, 3.63) is 50.6 Å². The minimum Gasteiger partial charge on any atom is -0.495 e. The van der Waals surface area contributed by atoms with Crippen molar-refractivity contribution < 1.29 is 9.53 Å². The predicted octanol–water partition coefficient (Wildman–Crippen LogP) is 4.06. The van der Waals surface area contributed by atoms with Gasteiger partial charge in [0, 0.05) is 14.7 Å². The number of nitrogens with one attached hydrogen (secondary N) is 1. The summed E-state index contributed by atoms with van der Waals surface area (Å²) in [4.78, 5) is 13.0. The van der Waals surface area contributed by atoms with Crippen molar-refractivity contribution in [3.63, 3.8) is 0 Å². The molecule has 1 N–H and O–H groups in total. The summed E-state index contributed by atoms with van der Waals surface area (Å²) in [5.74, 6) is 0.0773. The van der Waals surface area contributed by atoms with Crippen molar-refractivity contribution in [1.29, 1.82) is 5.26 Å². The van der Waals surface area contributed by atoms with E-state index in [0.717, 1.165) is 9.35 Å². The molecule has 2 aromatic rings. The van der Waals surface area contributed by atoms with E-state index in [1.54, 1.807) is 30.3 Å². The van der Waals surface area contributed by atoms with Gasteiger partial charge in [-0.2, -0.15) is 5.26 Å². The number of para-hydroxylation sites is 2. The zero-order chi connectivity index (χ0) is 15.2. The molecule has 0 saturated heterocycles. The highest BCUT2D eigenvalue weighted by Crippen LogP contribution is 2.25. The summed E-state index contributed by atoms with van der Waals surface area (Å²) in [5, 5.41) is 13.7. The monoisotopic (exact) mass is 362 g/mol. The highest BCUT2D eigenvalue weighted by atomic mass is 79.9. The smallest absolute Gasteiger partial charge is 0.266 e. The molecule has 1 aromatic heterocycles. The van der Waals surface area contributed by atoms with Crippen LogP contribution < -0.4 is 10.1 Å². The summed E-state index contributed by atoms with van der Waals surface area (Å²) in [6.45, 7) is 0. The van der Waals surface area contributed by atoms with E-state index < -0.39 is 5.91 Å². The first-order chi connectivity index (χ1) is 10.1. The van der Waals surface area contributed by atoms with Crippen LogP contribution in [0.2, 0.25) is 0 Å². The van der Waals surface area contributed by atoms with Crippen molar-refractivity contribution in [2.45, 2.75) is 0 Å². The molecule has 2 rings (SSSR count). The summed E-state index contributed by atoms with van der Waals surface area (Å²) >= 11 is 4.78. The van der Waals surface area contributed by atoms with Gasteiger partial charge in [-0.1, -0.05) is 12.1 Å². The standard InChI is InChI=1S/C15H11BrN2O2S/c1-20-14-5-3-2-4-13(14)18-15(19)10(8-17)6-12-7-11(16)9-21-12/h2-7,9H,1H3,(H,18,19). The Balaban J connectivity index is 2.22. The molecule has 0 atom stereocenters. The fraction of sp³-hybridized carbons (Fsp3) is 0.0667. The summed E-state index contributed by atoms with van der Waals surface area (Å²) in [5.41, 5.74) is 0.564. The number of nitrogens with zero attached hydrogens (tertiary/aromatic N) is 1. The van der Waals surface area contributed by atoms with Crippen LogP contribution in [0.25, 0.3) is 6.08 Å². The largest absolute Gasteiger partial charge is 0.495 e. The van der Waals surface area contributed by atoms with Gasteiger partial charge in [-0.3, -0.25) is 4.79 Å². The first kappa shape index (κ1) is 15.3. The summed E-state index contributed by atoms with van der Waals surface area (Å²) in [6.07, 6.45) is 1.56. The molecule has 0 saturated carbocycles. The third kappa shape index (κ3) is 3.94. The lowest BCUT2D eigenvalue weighted by Gasteiger charge is -2.08. The van der Waals surface area contributed by atoms with Crippen LogP contribution in [0.3, 0.4) is 0 Å². The number of anilines is 1. The predicted molar refractivity (Wildman–Crippen MR) is 87.2 cm³/mol. The Labute approximate surface area is 134 Å². The van der Waals surface area contributed by atoms with Gasteiger partial charge in [-0.15, -0.1) is 11.3 Å². The van der Waals surface area contributed by atoms with Crippen molar-refractivity contribution >= 4 is 44.9 Å². The molecule has 0 fully saturated rings. The number of rotatable bonds is 4. The first-order valence-electron chi connectivity index (χ1n) is 5.94. The number of thiophene rings is 1. The number of carbonyl (C=O) groups excluding carboxylic acids is 1. The molecule has 21 heavy (non-hydrogen) atoms. The van der Waals surface area contributed by atoms with Crippen LogP contribution in [-0.4, -0.2) is 13.0 Å². The molecular formula is C15H11BrN2O2S. The maximum Gasteiger partial charge on any atom is 0.266 e. The van der Waals surface area contributed by atoms with Crippen LogP contribution in [0.1, 0.15) is 4.88 Å². The van der Waals surface area contributed by atoms with E-state index in [1.807, 2.05) is 17.5 Å². The Kier molecular flexibility index (Phi) is 5.14. The molecule has 106 valence electrons. The van der Waals surface area contributed by atoms with Gasteiger partial charge in [-0.05, 0) is 40.2 Å². The number of methoxy groups -OCH3 is 1. The summed E-state index contributed by atoms with van der Waals surface area (Å²) in [6, 6.07) is 10.8. The topological polar surface area (TPSA) is 62.1 Å². The molecule has 1 heterocycles. The van der Waals surface area contributed by atoms with Gasteiger partial charge in [0.25, 0.3) is 5.91 Å². The molecule has 0 bridgehead atoms. The molecule has 0 spiro atoms. The molecule has 6 heteroatoms. The minimum atomic E-state index is -0.466. The average molecular weight is 363 g/mol. The lowest BCUT2D eigenvalue weighted by molar-refractivity contribution is -0.112. The Morgan fingerprint density at radius 2 is 2.24 bits per heavy atom. The molecule has 0 aliphatic rings. The van der Waals surface area contributed by atoms with Crippen LogP contribution >= 0.6 is 27.3 Å². The molecule has 1 aromatic carbocycles. The number of ether oxygens (including phenoxy) is 1. The average Bonchev–Trinajstić information content (AvgIpc) is 2.90. The van der Waals surface area contributed by atoms with Crippen LogP contribution in [0.4, 0.5) is 5.69 Å². The molecule has 0 aliphatic heterocycles. The van der Waals surface area contributed by atoms with Crippen molar-refractivity contribution in [3.8, 4) is 11.8 Å². The van der Waals surface area contributed by atoms with Crippen molar-refractivity contribution in [2.24, 2.45) is 0 Å². The lowest BCUT2D eigenvalue weighted by Crippen LogP contribution is -2.14. The van der Waals surface area contributed by atoms with Crippen LogP contribution in [-0.2, 0) is 4.79 Å². The maximum atomic E-state index is 12.2. The van der Waals surface area contributed by atoms with Crippen LogP contribution in [0.5, 0.6) is 5.75 Å². The van der Waals surface area contributed by atoms with Gasteiger partial charge in [0.1, 0.15) is 17.4 Å². The number of amides is 1. The molecule has 0 radical (unpaired) electrons. The van der Waals surface area contributed by atoms with E-state index in [-0.39, 0.29) is 5.57 Å². The SMILES string of the molecule is COc1ccccc1NC(=O)C(C#N)=Cc1cc(Br)cs1. The van der Waals surface area contributed by atoms with Crippen LogP contribution in [0, 0.1) is 11.3 Å². The van der Waals surface area contributed by atoms with E-state index in [9.17, 15) is 4.79 Å². The number of halogens is 1. The second-order valence-corrected chi connectivity index (χ2v) is 5.85. The molecule has 1 amide bonds. The Morgan fingerprint density at radius 1 is 1.48 bits per heavy atom. The van der Waals surface area contributed by atoms with E-state index >= 15 is 0 Å². The third-order valence-electron chi connectivity index (χ3n) is 2.59. The van der Waals surface area contributed by atoms with E-state index in [4.69, 9.17) is 10.00 Å². The Bertz CT molecular complexity index is 731. The van der Waals surface area contributed by atoms with Gasteiger partial charge < -0.3 is 10.1 Å². The lowest BCUT2D eigenvalue weighted by atomic mass is 10.2. The van der Waals surface area contributed by atoms with Gasteiger partial charge >= 0.3 is 0 Å². The number of benzene rings is 1. The Hall–Kier alpha value is -2.10. The zero-order valence-electron chi connectivity index (χ0n) is 11.1. The second-order valence-electron chi connectivity index (χ2n) is 3.99. The van der Waals surface area contributed by atoms with Gasteiger partial charge in [0.2, 0.25) is 0 Å². The second kappa shape index (κ2) is 7.07. The fourth-order valence-electron chi connectivity index (χ4n) is 1.63. The highest BCUT2D eigenvalue weighted by Gasteiger charge is 2.12. The van der Waals surface area contributed by atoms with Gasteiger partial charge in [0.15, 0.2) is 0 Å². The number of hydrogen-bond donors (Lipinski definition) is 1. The number of carbonyl (C=O) groups is 1. The van der Waals surface area contributed by atoms with Crippen molar-refractivity contribution in [1.82, 2.24) is 0 Å². The van der Waals surface area contributed by atoms with Gasteiger partial charge in [-0.25, -0.2) is 0 Å². The summed E-state index contributed by atoms with van der Waals surface area (Å²) in [7, 11) is 1.52. The maximum absolute atomic E-state index is 12.2. The van der Waals surface area contributed by atoms with E-state index in [1.165, 1.54) is 18.4 Å².